The third kappa shape index (κ3) is 3.62. The highest BCUT2D eigenvalue weighted by Crippen LogP contribution is 2.34. The topological polar surface area (TPSA) is 64.4 Å². The Balaban J connectivity index is 2.11. The molecule has 0 saturated heterocycles. The minimum Gasteiger partial charge on any atom is -0.490 e. The van der Waals surface area contributed by atoms with Crippen LogP contribution in [0.5, 0.6) is 5.75 Å². The van der Waals surface area contributed by atoms with Gasteiger partial charge < -0.3 is 10.1 Å². The average Bonchev–Trinajstić information content (AvgIpc) is 2.47. The van der Waals surface area contributed by atoms with E-state index in [0.717, 1.165) is 12.5 Å². The Labute approximate surface area is 123 Å². The van der Waals surface area contributed by atoms with Gasteiger partial charge in [0.25, 0.3) is 0 Å². The highest BCUT2D eigenvalue weighted by atomic mass is 19.1. The Morgan fingerprint density at radius 2 is 2.14 bits per heavy atom. The second-order valence-corrected chi connectivity index (χ2v) is 5.66. The summed E-state index contributed by atoms with van der Waals surface area (Å²) >= 11 is 0. The fourth-order valence-corrected chi connectivity index (χ4v) is 2.92. The van der Waals surface area contributed by atoms with E-state index in [1.54, 1.807) is 0 Å². The summed E-state index contributed by atoms with van der Waals surface area (Å²) in [7, 11) is 1.34. The molecule has 1 saturated carbocycles. The standard InChI is InChI=1S/C15H21FN2O3/c1-10-5-3-4-6-11(10)9-17-13-8-15(21-2)14(18(19)20)7-12(13)16/h7-8,10-11,17H,3-6,9H2,1-2H3. The molecule has 116 valence electrons. The highest BCUT2D eigenvalue weighted by Gasteiger charge is 2.23. The average molecular weight is 296 g/mol. The van der Waals surface area contributed by atoms with Crippen molar-refractivity contribution in [2.45, 2.75) is 32.6 Å². The Kier molecular flexibility index (Phi) is 4.98. The number of anilines is 1. The number of methoxy groups -OCH3 is 1. The van der Waals surface area contributed by atoms with E-state index < -0.39 is 10.7 Å². The van der Waals surface area contributed by atoms with Crippen LogP contribution in [0.3, 0.4) is 0 Å². The molecular formula is C15H21FN2O3. The van der Waals surface area contributed by atoms with Crippen LogP contribution < -0.4 is 10.1 Å². The lowest BCUT2D eigenvalue weighted by Crippen LogP contribution is -2.24. The monoisotopic (exact) mass is 296 g/mol. The van der Waals surface area contributed by atoms with E-state index in [1.165, 1.54) is 32.4 Å². The lowest BCUT2D eigenvalue weighted by Gasteiger charge is -2.29. The van der Waals surface area contributed by atoms with Crippen LogP contribution in [0.1, 0.15) is 32.6 Å². The molecule has 2 rings (SSSR count). The predicted octanol–water partition coefficient (Wildman–Crippen LogP) is 3.98. The normalized spacial score (nSPS) is 21.9. The molecular weight excluding hydrogens is 275 g/mol. The summed E-state index contributed by atoms with van der Waals surface area (Å²) in [6.07, 6.45) is 4.82. The first-order chi connectivity index (χ1) is 10.0. The maximum atomic E-state index is 14.0. The predicted molar refractivity (Wildman–Crippen MR) is 79.2 cm³/mol. The number of hydrogen-bond acceptors (Lipinski definition) is 4. The first-order valence-electron chi connectivity index (χ1n) is 7.28. The first-order valence-corrected chi connectivity index (χ1v) is 7.28. The van der Waals surface area contributed by atoms with Gasteiger partial charge in [0.1, 0.15) is 0 Å². The van der Waals surface area contributed by atoms with Gasteiger partial charge in [0.2, 0.25) is 0 Å². The molecule has 1 aliphatic rings. The number of nitrogens with zero attached hydrogens (tertiary/aromatic N) is 1. The Bertz CT molecular complexity index is 522. The maximum absolute atomic E-state index is 14.0. The molecule has 21 heavy (non-hydrogen) atoms. The zero-order valence-corrected chi connectivity index (χ0v) is 12.4. The maximum Gasteiger partial charge on any atom is 0.313 e. The summed E-state index contributed by atoms with van der Waals surface area (Å²) in [5, 5.41) is 13.9. The van der Waals surface area contributed by atoms with Gasteiger partial charge in [0.05, 0.1) is 23.8 Å². The minimum atomic E-state index is -0.644. The van der Waals surface area contributed by atoms with E-state index >= 15 is 0 Å². The summed E-state index contributed by atoms with van der Waals surface area (Å²) in [6, 6.07) is 2.27. The lowest BCUT2D eigenvalue weighted by atomic mass is 9.80. The van der Waals surface area contributed by atoms with E-state index in [0.29, 0.717) is 18.4 Å². The molecule has 0 radical (unpaired) electrons. The molecule has 2 unspecified atom stereocenters. The van der Waals surface area contributed by atoms with E-state index in [-0.39, 0.29) is 17.1 Å². The van der Waals surface area contributed by atoms with Crippen LogP contribution in [-0.4, -0.2) is 18.6 Å². The van der Waals surface area contributed by atoms with Gasteiger partial charge in [-0.25, -0.2) is 4.39 Å². The molecule has 1 aromatic carbocycles. The summed E-state index contributed by atoms with van der Waals surface area (Å²) < 4.78 is 18.9. The molecule has 0 aliphatic heterocycles. The van der Waals surface area contributed by atoms with Gasteiger partial charge in [-0.1, -0.05) is 26.2 Å². The third-order valence-corrected chi connectivity index (χ3v) is 4.31. The fourth-order valence-electron chi connectivity index (χ4n) is 2.92. The van der Waals surface area contributed by atoms with Gasteiger partial charge in [0.15, 0.2) is 11.6 Å². The number of hydrogen-bond donors (Lipinski definition) is 1. The van der Waals surface area contributed by atoms with Crippen molar-refractivity contribution in [1.82, 2.24) is 0 Å². The van der Waals surface area contributed by atoms with Crippen LogP contribution in [0.15, 0.2) is 12.1 Å². The number of nitro benzene ring substituents is 1. The van der Waals surface area contributed by atoms with Crippen molar-refractivity contribution >= 4 is 11.4 Å². The van der Waals surface area contributed by atoms with Gasteiger partial charge in [-0.3, -0.25) is 10.1 Å². The van der Waals surface area contributed by atoms with Crippen LogP contribution in [0.25, 0.3) is 0 Å². The molecule has 6 heteroatoms. The van der Waals surface area contributed by atoms with E-state index in [2.05, 4.69) is 12.2 Å². The second-order valence-electron chi connectivity index (χ2n) is 5.66. The molecule has 0 heterocycles. The molecule has 1 N–H and O–H groups in total. The smallest absolute Gasteiger partial charge is 0.313 e. The summed E-state index contributed by atoms with van der Waals surface area (Å²) in [4.78, 5) is 10.2. The Morgan fingerprint density at radius 3 is 2.76 bits per heavy atom. The zero-order valence-electron chi connectivity index (χ0n) is 12.4. The molecule has 1 aliphatic carbocycles. The van der Waals surface area contributed by atoms with Crippen LogP contribution >= 0.6 is 0 Å². The number of ether oxygens (including phenoxy) is 1. The van der Waals surface area contributed by atoms with Gasteiger partial charge in [0, 0.05) is 12.6 Å². The van der Waals surface area contributed by atoms with Crippen molar-refractivity contribution in [3.63, 3.8) is 0 Å². The fraction of sp³-hybridized carbons (Fsp3) is 0.600. The quantitative estimate of drug-likeness (QED) is 0.659. The van der Waals surface area contributed by atoms with Crippen LogP contribution in [0.2, 0.25) is 0 Å². The van der Waals surface area contributed by atoms with Gasteiger partial charge in [-0.15, -0.1) is 0 Å². The van der Waals surface area contributed by atoms with Crippen molar-refractivity contribution in [2.24, 2.45) is 11.8 Å². The zero-order chi connectivity index (χ0) is 15.4. The van der Waals surface area contributed by atoms with E-state index in [9.17, 15) is 14.5 Å². The van der Waals surface area contributed by atoms with Crippen molar-refractivity contribution in [1.29, 1.82) is 0 Å². The molecule has 1 fully saturated rings. The first kappa shape index (κ1) is 15.5. The summed E-state index contributed by atoms with van der Waals surface area (Å²) in [6.45, 7) is 2.90. The lowest BCUT2D eigenvalue weighted by molar-refractivity contribution is -0.385. The molecule has 0 bridgehead atoms. The Morgan fingerprint density at radius 1 is 1.43 bits per heavy atom. The summed E-state index contributed by atoms with van der Waals surface area (Å²) in [5.74, 6) is 0.583. The Hall–Kier alpha value is -1.85. The van der Waals surface area contributed by atoms with Crippen LogP contribution in [-0.2, 0) is 0 Å². The largest absolute Gasteiger partial charge is 0.490 e. The third-order valence-electron chi connectivity index (χ3n) is 4.31. The van der Waals surface area contributed by atoms with Crippen molar-refractivity contribution in [3.8, 4) is 5.75 Å². The second kappa shape index (κ2) is 6.74. The number of nitro groups is 1. The number of nitrogens with one attached hydrogen (secondary N) is 1. The molecule has 0 aromatic heterocycles. The van der Waals surface area contributed by atoms with Crippen molar-refractivity contribution < 1.29 is 14.1 Å². The summed E-state index contributed by atoms with van der Waals surface area (Å²) in [5.41, 5.74) is -0.0955. The van der Waals surface area contributed by atoms with E-state index in [1.807, 2.05) is 0 Å². The van der Waals surface area contributed by atoms with Crippen molar-refractivity contribution in [2.75, 3.05) is 19.0 Å². The van der Waals surface area contributed by atoms with Gasteiger partial charge in [-0.05, 0) is 18.3 Å². The molecule has 5 nitrogen and oxygen atoms in total. The number of rotatable bonds is 5. The van der Waals surface area contributed by atoms with Gasteiger partial charge >= 0.3 is 5.69 Å². The molecule has 2 atom stereocenters. The highest BCUT2D eigenvalue weighted by molar-refractivity contribution is 5.59. The van der Waals surface area contributed by atoms with Crippen LogP contribution in [0.4, 0.5) is 15.8 Å². The number of halogens is 1. The van der Waals surface area contributed by atoms with E-state index in [4.69, 9.17) is 4.74 Å². The van der Waals surface area contributed by atoms with Crippen LogP contribution in [0, 0.1) is 27.8 Å². The number of benzene rings is 1. The minimum absolute atomic E-state index is 0.0700. The van der Waals surface area contributed by atoms with Crippen molar-refractivity contribution in [3.05, 3.63) is 28.1 Å². The SMILES string of the molecule is COc1cc(NCC2CCCCC2C)c(F)cc1[N+](=O)[O-]. The molecule has 0 spiro atoms. The molecule has 1 aromatic rings. The van der Waals surface area contributed by atoms with Gasteiger partial charge in [-0.2, -0.15) is 0 Å². The molecule has 0 amide bonds.